The van der Waals surface area contributed by atoms with Crippen LogP contribution in [0.3, 0.4) is 0 Å². The van der Waals surface area contributed by atoms with E-state index in [-0.39, 0.29) is 5.91 Å². The average molecular weight is 305 g/mol. The molecule has 0 saturated carbocycles. The molecule has 1 aliphatic heterocycles. The molecule has 0 atom stereocenters. The van der Waals surface area contributed by atoms with E-state index in [0.29, 0.717) is 11.6 Å². The van der Waals surface area contributed by atoms with Gasteiger partial charge in [-0.25, -0.2) is 0 Å². The van der Waals surface area contributed by atoms with E-state index in [4.69, 9.17) is 0 Å². The summed E-state index contributed by atoms with van der Waals surface area (Å²) in [6.07, 6.45) is 5.63. The fourth-order valence-electron chi connectivity index (χ4n) is 2.54. The summed E-state index contributed by atoms with van der Waals surface area (Å²) in [4.78, 5) is 14.5. The van der Waals surface area contributed by atoms with Gasteiger partial charge in [0.2, 0.25) is 0 Å². The Labute approximate surface area is 131 Å². The highest BCUT2D eigenvalue weighted by Crippen LogP contribution is 2.33. The van der Waals surface area contributed by atoms with Crippen LogP contribution in [-0.4, -0.2) is 28.8 Å². The van der Waals surface area contributed by atoms with Gasteiger partial charge in [0.1, 0.15) is 5.75 Å². The number of likely N-dealkylation sites (N-methyl/N-ethyl adjacent to an activating group) is 1. The maximum absolute atomic E-state index is 12.0. The number of carbonyl (C=O) groups is 1. The summed E-state index contributed by atoms with van der Waals surface area (Å²) in [6.45, 7) is 4.21. The SMILES string of the molecule is CCCc1ccc(/C=C2\SCN(C)C2=O)c(CCC)c1O. The minimum Gasteiger partial charge on any atom is -0.507 e. The van der Waals surface area contributed by atoms with Crippen molar-refractivity contribution in [3.8, 4) is 5.75 Å². The zero-order valence-corrected chi connectivity index (χ0v) is 13.8. The summed E-state index contributed by atoms with van der Waals surface area (Å²) in [6, 6.07) is 4.02. The number of phenolic OH excluding ortho intramolecular Hbond substituents is 1. The Balaban J connectivity index is 2.41. The molecule has 1 heterocycles. The van der Waals surface area contributed by atoms with Crippen molar-refractivity contribution in [3.63, 3.8) is 0 Å². The smallest absolute Gasteiger partial charge is 0.260 e. The Morgan fingerprint density at radius 2 is 2.00 bits per heavy atom. The van der Waals surface area contributed by atoms with Crippen LogP contribution in [0.1, 0.15) is 43.4 Å². The lowest BCUT2D eigenvalue weighted by Crippen LogP contribution is -2.18. The molecule has 1 amide bonds. The lowest BCUT2D eigenvalue weighted by Gasteiger charge is -2.12. The predicted octanol–water partition coefficient (Wildman–Crippen LogP) is 3.80. The monoisotopic (exact) mass is 305 g/mol. The number of aromatic hydroxyl groups is 1. The molecular formula is C17H23NO2S. The molecule has 114 valence electrons. The molecule has 1 aromatic carbocycles. The van der Waals surface area contributed by atoms with Gasteiger partial charge in [0.15, 0.2) is 0 Å². The third-order valence-electron chi connectivity index (χ3n) is 3.68. The number of hydrogen-bond donors (Lipinski definition) is 1. The van der Waals surface area contributed by atoms with Crippen molar-refractivity contribution in [2.75, 3.05) is 12.9 Å². The summed E-state index contributed by atoms with van der Waals surface area (Å²) in [7, 11) is 1.81. The van der Waals surface area contributed by atoms with Gasteiger partial charge in [0.05, 0.1) is 10.8 Å². The van der Waals surface area contributed by atoms with E-state index in [2.05, 4.69) is 13.8 Å². The fraction of sp³-hybridized carbons (Fsp3) is 0.471. The zero-order valence-electron chi connectivity index (χ0n) is 13.0. The van der Waals surface area contributed by atoms with Crippen LogP contribution in [0.25, 0.3) is 6.08 Å². The quantitative estimate of drug-likeness (QED) is 0.841. The van der Waals surface area contributed by atoms with Gasteiger partial charge in [-0.1, -0.05) is 50.6 Å². The molecule has 1 saturated heterocycles. The highest BCUT2D eigenvalue weighted by atomic mass is 32.2. The third kappa shape index (κ3) is 3.43. The van der Waals surface area contributed by atoms with Crippen LogP contribution in [0.2, 0.25) is 0 Å². The first-order valence-corrected chi connectivity index (χ1v) is 8.50. The fourth-order valence-corrected chi connectivity index (χ4v) is 3.48. The molecule has 0 aromatic heterocycles. The molecule has 3 nitrogen and oxygen atoms in total. The lowest BCUT2D eigenvalue weighted by molar-refractivity contribution is -0.123. The average Bonchev–Trinajstić information content (AvgIpc) is 2.78. The molecule has 0 radical (unpaired) electrons. The molecule has 2 rings (SSSR count). The number of phenols is 1. The van der Waals surface area contributed by atoms with E-state index in [0.717, 1.165) is 47.3 Å². The van der Waals surface area contributed by atoms with E-state index in [9.17, 15) is 9.90 Å². The van der Waals surface area contributed by atoms with Gasteiger partial charge in [-0.05, 0) is 30.0 Å². The van der Waals surface area contributed by atoms with E-state index in [1.165, 1.54) is 0 Å². The van der Waals surface area contributed by atoms with Gasteiger partial charge < -0.3 is 10.0 Å². The van der Waals surface area contributed by atoms with Gasteiger partial charge >= 0.3 is 0 Å². The molecule has 0 unspecified atom stereocenters. The number of aryl methyl sites for hydroxylation is 1. The Morgan fingerprint density at radius 3 is 2.57 bits per heavy atom. The summed E-state index contributed by atoms with van der Waals surface area (Å²) < 4.78 is 0. The van der Waals surface area contributed by atoms with Crippen molar-refractivity contribution < 1.29 is 9.90 Å². The van der Waals surface area contributed by atoms with E-state index >= 15 is 0 Å². The first kappa shape index (κ1) is 16.0. The maximum Gasteiger partial charge on any atom is 0.260 e. The van der Waals surface area contributed by atoms with E-state index in [1.807, 2.05) is 25.3 Å². The van der Waals surface area contributed by atoms with Crippen LogP contribution in [0.15, 0.2) is 17.0 Å². The van der Waals surface area contributed by atoms with E-state index < -0.39 is 0 Å². The normalized spacial score (nSPS) is 17.0. The minimum atomic E-state index is 0.0690. The van der Waals surface area contributed by atoms with Crippen LogP contribution < -0.4 is 0 Å². The number of benzene rings is 1. The van der Waals surface area contributed by atoms with Gasteiger partial charge in [-0.15, -0.1) is 0 Å². The second kappa shape index (κ2) is 7.03. The first-order chi connectivity index (χ1) is 10.1. The van der Waals surface area contributed by atoms with Crippen LogP contribution in [0, 0.1) is 0 Å². The molecule has 0 aliphatic carbocycles. The van der Waals surface area contributed by atoms with Crippen LogP contribution >= 0.6 is 11.8 Å². The second-order valence-corrected chi connectivity index (χ2v) is 6.41. The lowest BCUT2D eigenvalue weighted by atomic mass is 9.96. The van der Waals surface area contributed by atoms with Crippen molar-refractivity contribution in [3.05, 3.63) is 33.7 Å². The summed E-state index contributed by atoms with van der Waals surface area (Å²) in [5, 5.41) is 10.5. The molecule has 1 fully saturated rings. The van der Waals surface area contributed by atoms with Crippen molar-refractivity contribution >= 4 is 23.7 Å². The third-order valence-corrected chi connectivity index (χ3v) is 4.80. The number of nitrogens with zero attached hydrogens (tertiary/aromatic N) is 1. The van der Waals surface area contributed by atoms with Crippen LogP contribution in [0.4, 0.5) is 0 Å². The van der Waals surface area contributed by atoms with Crippen molar-refractivity contribution in [1.29, 1.82) is 0 Å². The summed E-state index contributed by atoms with van der Waals surface area (Å²) in [5.74, 6) is 1.18. The number of thioether (sulfide) groups is 1. The standard InChI is InChI=1S/C17H23NO2S/c1-4-6-12-8-9-13(14(7-5-2)16(12)19)10-15-17(20)18(3)11-21-15/h8-10,19H,4-7,11H2,1-3H3/b15-10-. The second-order valence-electron chi connectivity index (χ2n) is 5.43. The number of hydrogen-bond acceptors (Lipinski definition) is 3. The van der Waals surface area contributed by atoms with Gasteiger partial charge in [0.25, 0.3) is 5.91 Å². The van der Waals surface area contributed by atoms with Crippen molar-refractivity contribution in [2.45, 2.75) is 39.5 Å². The van der Waals surface area contributed by atoms with Gasteiger partial charge in [0, 0.05) is 12.6 Å². The zero-order chi connectivity index (χ0) is 15.4. The predicted molar refractivity (Wildman–Crippen MR) is 89.3 cm³/mol. The topological polar surface area (TPSA) is 40.5 Å². The van der Waals surface area contributed by atoms with Crippen LogP contribution in [0.5, 0.6) is 5.75 Å². The maximum atomic E-state index is 12.0. The van der Waals surface area contributed by atoms with Crippen LogP contribution in [-0.2, 0) is 17.6 Å². The molecule has 1 aliphatic rings. The Kier molecular flexibility index (Phi) is 5.34. The molecule has 4 heteroatoms. The highest BCUT2D eigenvalue weighted by Gasteiger charge is 2.23. The molecule has 1 aromatic rings. The van der Waals surface area contributed by atoms with Gasteiger partial charge in [-0.3, -0.25) is 4.79 Å². The molecular weight excluding hydrogens is 282 g/mol. The minimum absolute atomic E-state index is 0.0690. The van der Waals surface area contributed by atoms with Gasteiger partial charge in [-0.2, -0.15) is 0 Å². The summed E-state index contributed by atoms with van der Waals surface area (Å²) in [5.41, 5.74) is 2.95. The van der Waals surface area contributed by atoms with E-state index in [1.54, 1.807) is 16.7 Å². The van der Waals surface area contributed by atoms with Crippen molar-refractivity contribution in [1.82, 2.24) is 4.90 Å². The Bertz CT molecular complexity index is 566. The number of carbonyl (C=O) groups excluding carboxylic acids is 1. The highest BCUT2D eigenvalue weighted by molar-refractivity contribution is 8.04. The molecule has 0 bridgehead atoms. The first-order valence-electron chi connectivity index (χ1n) is 7.52. The number of rotatable bonds is 5. The Morgan fingerprint density at radius 1 is 1.29 bits per heavy atom. The number of amides is 1. The van der Waals surface area contributed by atoms with Crippen molar-refractivity contribution in [2.24, 2.45) is 0 Å². The molecule has 1 N–H and O–H groups in total. The Hall–Kier alpha value is -1.42. The molecule has 21 heavy (non-hydrogen) atoms. The largest absolute Gasteiger partial charge is 0.507 e. The summed E-state index contributed by atoms with van der Waals surface area (Å²) >= 11 is 1.56. The molecule has 0 spiro atoms.